The summed E-state index contributed by atoms with van der Waals surface area (Å²) in [6.07, 6.45) is 0. The minimum Gasteiger partial charge on any atom is -0.508 e. The highest BCUT2D eigenvalue weighted by atomic mass is 19.1. The third-order valence-electron chi connectivity index (χ3n) is 2.53. The maximum absolute atomic E-state index is 13.5. The van der Waals surface area contributed by atoms with Crippen molar-refractivity contribution < 1.29 is 9.50 Å². The Labute approximate surface area is 104 Å². The van der Waals surface area contributed by atoms with Gasteiger partial charge in [0.2, 0.25) is 0 Å². The van der Waals surface area contributed by atoms with Gasteiger partial charge in [0.25, 0.3) is 0 Å². The zero-order valence-corrected chi connectivity index (χ0v) is 9.47. The summed E-state index contributed by atoms with van der Waals surface area (Å²) >= 11 is 0. The maximum atomic E-state index is 13.5. The molecule has 0 aliphatic rings. The normalized spacial score (nSPS) is 11.6. The van der Waals surface area contributed by atoms with E-state index in [1.165, 1.54) is 18.2 Å². The summed E-state index contributed by atoms with van der Waals surface area (Å²) in [5, 5.41) is 21.1. The Morgan fingerprint density at radius 2 is 1.78 bits per heavy atom. The Morgan fingerprint density at radius 3 is 2.39 bits per heavy atom. The molecule has 0 saturated heterocycles. The summed E-state index contributed by atoms with van der Waals surface area (Å²) in [7, 11) is 0. The molecule has 2 rings (SSSR count). The number of nitrogens with zero attached hydrogens (tertiary/aromatic N) is 1. The molecule has 0 radical (unpaired) electrons. The predicted molar refractivity (Wildman–Crippen MR) is 66.5 cm³/mol. The number of phenols is 1. The van der Waals surface area contributed by atoms with Crippen LogP contribution in [0.1, 0.15) is 11.6 Å². The molecule has 0 aliphatic carbocycles. The van der Waals surface area contributed by atoms with Crippen molar-refractivity contribution in [3.8, 4) is 11.8 Å². The van der Waals surface area contributed by atoms with E-state index in [1.54, 1.807) is 30.3 Å². The lowest BCUT2D eigenvalue weighted by Crippen LogP contribution is -2.09. The molecule has 3 nitrogen and oxygen atoms in total. The van der Waals surface area contributed by atoms with Crippen LogP contribution in [0.2, 0.25) is 0 Å². The standard InChI is InChI=1S/C14H11FN2O/c15-12-3-1-2-4-13(12)17-14(9-16)10-5-7-11(18)8-6-10/h1-8,14,17-18H. The molecule has 18 heavy (non-hydrogen) atoms. The van der Waals surface area contributed by atoms with E-state index in [-0.39, 0.29) is 11.4 Å². The third-order valence-corrected chi connectivity index (χ3v) is 2.53. The smallest absolute Gasteiger partial charge is 0.146 e. The van der Waals surface area contributed by atoms with E-state index < -0.39 is 11.9 Å². The van der Waals surface area contributed by atoms with Crippen LogP contribution in [0.4, 0.5) is 10.1 Å². The van der Waals surface area contributed by atoms with Gasteiger partial charge in [0.05, 0.1) is 11.8 Å². The summed E-state index contributed by atoms with van der Waals surface area (Å²) in [6, 6.07) is 13.8. The van der Waals surface area contributed by atoms with Crippen LogP contribution in [-0.4, -0.2) is 5.11 Å². The highest BCUT2D eigenvalue weighted by Gasteiger charge is 2.12. The van der Waals surface area contributed by atoms with Gasteiger partial charge in [-0.2, -0.15) is 5.26 Å². The summed E-state index contributed by atoms with van der Waals surface area (Å²) in [4.78, 5) is 0. The summed E-state index contributed by atoms with van der Waals surface area (Å²) < 4.78 is 13.5. The maximum Gasteiger partial charge on any atom is 0.146 e. The van der Waals surface area contributed by atoms with Gasteiger partial charge in [-0.1, -0.05) is 24.3 Å². The molecule has 0 amide bonds. The quantitative estimate of drug-likeness (QED) is 0.868. The first-order valence-electron chi connectivity index (χ1n) is 5.40. The molecule has 0 spiro atoms. The molecule has 1 unspecified atom stereocenters. The number of para-hydroxylation sites is 1. The van der Waals surface area contributed by atoms with Crippen molar-refractivity contribution in [1.29, 1.82) is 5.26 Å². The van der Waals surface area contributed by atoms with Crippen molar-refractivity contribution in [2.45, 2.75) is 6.04 Å². The average molecular weight is 242 g/mol. The fourth-order valence-electron chi connectivity index (χ4n) is 1.59. The number of hydrogen-bond donors (Lipinski definition) is 2. The molecule has 90 valence electrons. The first-order chi connectivity index (χ1) is 8.70. The Kier molecular flexibility index (Phi) is 3.44. The molecule has 1 atom stereocenters. The van der Waals surface area contributed by atoms with E-state index in [4.69, 9.17) is 5.26 Å². The van der Waals surface area contributed by atoms with Gasteiger partial charge in [0.1, 0.15) is 17.6 Å². The molecule has 0 bridgehead atoms. The topological polar surface area (TPSA) is 56.0 Å². The molecular weight excluding hydrogens is 231 g/mol. The predicted octanol–water partition coefficient (Wildman–Crippen LogP) is 3.21. The van der Waals surface area contributed by atoms with Gasteiger partial charge in [-0.05, 0) is 29.8 Å². The number of halogens is 1. The first kappa shape index (κ1) is 11.9. The molecule has 4 heteroatoms. The Bertz CT molecular complexity index is 575. The van der Waals surface area contributed by atoms with E-state index in [0.717, 1.165) is 0 Å². The number of nitriles is 1. The second kappa shape index (κ2) is 5.19. The van der Waals surface area contributed by atoms with E-state index in [2.05, 4.69) is 11.4 Å². The van der Waals surface area contributed by atoms with Crippen molar-refractivity contribution in [2.75, 3.05) is 5.32 Å². The lowest BCUT2D eigenvalue weighted by Gasteiger charge is -2.13. The van der Waals surface area contributed by atoms with Gasteiger partial charge >= 0.3 is 0 Å². The van der Waals surface area contributed by atoms with Crippen molar-refractivity contribution in [1.82, 2.24) is 0 Å². The van der Waals surface area contributed by atoms with Gasteiger partial charge in [-0.15, -0.1) is 0 Å². The van der Waals surface area contributed by atoms with E-state index in [1.807, 2.05) is 0 Å². The van der Waals surface area contributed by atoms with Crippen molar-refractivity contribution in [3.63, 3.8) is 0 Å². The Balaban J connectivity index is 2.23. The third kappa shape index (κ3) is 2.58. The Morgan fingerprint density at radius 1 is 1.11 bits per heavy atom. The van der Waals surface area contributed by atoms with E-state index >= 15 is 0 Å². The number of rotatable bonds is 3. The SMILES string of the molecule is N#CC(Nc1ccccc1F)c1ccc(O)cc1. The molecular formula is C14H11FN2O. The zero-order chi connectivity index (χ0) is 13.0. The summed E-state index contributed by atoms with van der Waals surface area (Å²) in [5.74, 6) is -0.280. The molecule has 2 aromatic carbocycles. The fourth-order valence-corrected chi connectivity index (χ4v) is 1.59. The number of aromatic hydroxyl groups is 1. The van der Waals surface area contributed by atoms with Crippen molar-refractivity contribution >= 4 is 5.69 Å². The van der Waals surface area contributed by atoms with Crippen LogP contribution in [0.15, 0.2) is 48.5 Å². The molecule has 0 saturated carbocycles. The second-order valence-corrected chi connectivity index (χ2v) is 3.78. The van der Waals surface area contributed by atoms with E-state index in [9.17, 15) is 9.50 Å². The number of phenolic OH excluding ortho intramolecular Hbond substituents is 1. The first-order valence-corrected chi connectivity index (χ1v) is 5.40. The van der Waals surface area contributed by atoms with Gasteiger partial charge < -0.3 is 10.4 Å². The fraction of sp³-hybridized carbons (Fsp3) is 0.0714. The van der Waals surface area contributed by atoms with Gasteiger partial charge in [0.15, 0.2) is 0 Å². The molecule has 0 aliphatic heterocycles. The van der Waals surface area contributed by atoms with Crippen molar-refractivity contribution in [2.24, 2.45) is 0 Å². The van der Waals surface area contributed by atoms with Gasteiger partial charge in [-0.25, -0.2) is 4.39 Å². The molecule has 2 aromatic rings. The van der Waals surface area contributed by atoms with Crippen LogP contribution >= 0.6 is 0 Å². The van der Waals surface area contributed by atoms with E-state index in [0.29, 0.717) is 5.56 Å². The highest BCUT2D eigenvalue weighted by Crippen LogP contribution is 2.22. The number of nitrogens with one attached hydrogen (secondary N) is 1. The second-order valence-electron chi connectivity index (χ2n) is 3.78. The van der Waals surface area contributed by atoms with Gasteiger partial charge in [0, 0.05) is 0 Å². The van der Waals surface area contributed by atoms with Crippen molar-refractivity contribution in [3.05, 3.63) is 59.9 Å². The monoisotopic (exact) mass is 242 g/mol. The molecule has 0 fully saturated rings. The summed E-state index contributed by atoms with van der Waals surface area (Å²) in [6.45, 7) is 0. The van der Waals surface area contributed by atoms with Crippen LogP contribution in [0, 0.1) is 17.1 Å². The minimum atomic E-state index is -0.664. The van der Waals surface area contributed by atoms with Crippen LogP contribution in [0.3, 0.4) is 0 Å². The lowest BCUT2D eigenvalue weighted by atomic mass is 10.1. The van der Waals surface area contributed by atoms with Crippen LogP contribution in [-0.2, 0) is 0 Å². The molecule has 0 aromatic heterocycles. The van der Waals surface area contributed by atoms with Crippen LogP contribution in [0.25, 0.3) is 0 Å². The van der Waals surface area contributed by atoms with Gasteiger partial charge in [-0.3, -0.25) is 0 Å². The Hall–Kier alpha value is -2.54. The molecule has 2 N–H and O–H groups in total. The molecule has 0 heterocycles. The minimum absolute atomic E-state index is 0.126. The number of benzene rings is 2. The summed E-state index contributed by atoms with van der Waals surface area (Å²) in [5.41, 5.74) is 0.940. The van der Waals surface area contributed by atoms with Crippen LogP contribution < -0.4 is 5.32 Å². The number of hydrogen-bond acceptors (Lipinski definition) is 3. The highest BCUT2D eigenvalue weighted by molar-refractivity contribution is 5.48. The largest absolute Gasteiger partial charge is 0.508 e. The average Bonchev–Trinajstić information content (AvgIpc) is 2.39. The number of anilines is 1. The van der Waals surface area contributed by atoms with Crippen LogP contribution in [0.5, 0.6) is 5.75 Å². The lowest BCUT2D eigenvalue weighted by molar-refractivity contribution is 0.475. The zero-order valence-electron chi connectivity index (χ0n) is 9.47.